The number of carboxylic acid groups (broad SMARTS) is 1. The monoisotopic (exact) mass is 327 g/mol. The number of carbonyl (C=O) groups is 2. The third-order valence-electron chi connectivity index (χ3n) is 3.03. The van der Waals surface area contributed by atoms with Gasteiger partial charge in [0.15, 0.2) is 0 Å². The number of nitrogens with zero attached hydrogens (tertiary/aromatic N) is 1. The highest BCUT2D eigenvalue weighted by atomic mass is 32.2. The minimum absolute atomic E-state index is 0.191. The molecule has 0 bridgehead atoms. The Labute approximate surface area is 137 Å². The van der Waals surface area contributed by atoms with Crippen molar-refractivity contribution in [3.63, 3.8) is 0 Å². The predicted molar refractivity (Wildman–Crippen MR) is 84.4 cm³/mol. The summed E-state index contributed by atoms with van der Waals surface area (Å²) in [4.78, 5) is 24.2. The highest BCUT2D eigenvalue weighted by Crippen LogP contribution is 2.31. The standard InChI is InChI=1S/C17H13NO4S/c1-22-17(21)12-4-7-15(13(8-12)9-16(19)20)23-14-5-2-11(10-18)3-6-14/h2-8H,9H2,1H3,(H,19,20). The molecule has 2 rings (SSSR count). The number of esters is 1. The Kier molecular flexibility index (Phi) is 5.39. The molecule has 2 aromatic rings. The van der Waals surface area contributed by atoms with Crippen LogP contribution >= 0.6 is 11.8 Å². The lowest BCUT2D eigenvalue weighted by atomic mass is 10.1. The highest BCUT2D eigenvalue weighted by molar-refractivity contribution is 7.99. The maximum Gasteiger partial charge on any atom is 0.337 e. The zero-order valence-corrected chi connectivity index (χ0v) is 13.1. The zero-order valence-electron chi connectivity index (χ0n) is 12.3. The van der Waals surface area contributed by atoms with Gasteiger partial charge in [0, 0.05) is 9.79 Å². The molecule has 0 aromatic heterocycles. The van der Waals surface area contributed by atoms with E-state index in [4.69, 9.17) is 10.4 Å². The second kappa shape index (κ2) is 7.47. The molecule has 0 radical (unpaired) electrons. The molecule has 0 fully saturated rings. The van der Waals surface area contributed by atoms with Crippen molar-refractivity contribution >= 4 is 23.7 Å². The molecule has 0 atom stereocenters. The van der Waals surface area contributed by atoms with Crippen LogP contribution in [0.25, 0.3) is 0 Å². The van der Waals surface area contributed by atoms with E-state index in [9.17, 15) is 9.59 Å². The van der Waals surface area contributed by atoms with Crippen LogP contribution in [-0.2, 0) is 16.0 Å². The van der Waals surface area contributed by atoms with Crippen LogP contribution in [0.1, 0.15) is 21.5 Å². The summed E-state index contributed by atoms with van der Waals surface area (Å²) in [5.41, 5.74) is 1.41. The van der Waals surface area contributed by atoms with Gasteiger partial charge in [-0.25, -0.2) is 4.79 Å². The van der Waals surface area contributed by atoms with Crippen molar-refractivity contribution in [1.29, 1.82) is 5.26 Å². The van der Waals surface area contributed by atoms with Gasteiger partial charge in [-0.3, -0.25) is 4.79 Å². The Morgan fingerprint density at radius 3 is 2.48 bits per heavy atom. The quantitative estimate of drug-likeness (QED) is 0.849. The first-order chi connectivity index (χ1) is 11.0. The number of hydrogen-bond acceptors (Lipinski definition) is 5. The molecule has 6 heteroatoms. The molecule has 23 heavy (non-hydrogen) atoms. The Bertz CT molecular complexity index is 778. The summed E-state index contributed by atoms with van der Waals surface area (Å²) >= 11 is 1.38. The van der Waals surface area contributed by atoms with Crippen molar-refractivity contribution in [3.8, 4) is 6.07 Å². The van der Waals surface area contributed by atoms with E-state index in [0.29, 0.717) is 16.7 Å². The van der Waals surface area contributed by atoms with Crippen LogP contribution in [0.3, 0.4) is 0 Å². The van der Waals surface area contributed by atoms with E-state index in [1.54, 1.807) is 36.4 Å². The lowest BCUT2D eigenvalue weighted by Crippen LogP contribution is -2.06. The molecule has 5 nitrogen and oxygen atoms in total. The molecule has 0 unspecified atom stereocenters. The fourth-order valence-corrected chi connectivity index (χ4v) is 2.87. The molecule has 0 aliphatic heterocycles. The van der Waals surface area contributed by atoms with Crippen molar-refractivity contribution < 1.29 is 19.4 Å². The number of carbonyl (C=O) groups excluding carboxylic acids is 1. The first-order valence-corrected chi connectivity index (χ1v) is 7.46. The lowest BCUT2D eigenvalue weighted by Gasteiger charge is -2.09. The van der Waals surface area contributed by atoms with Gasteiger partial charge in [-0.2, -0.15) is 5.26 Å². The molecule has 0 saturated carbocycles. The third kappa shape index (κ3) is 4.34. The van der Waals surface area contributed by atoms with Crippen LogP contribution in [0.5, 0.6) is 0 Å². The van der Waals surface area contributed by atoms with Gasteiger partial charge in [-0.15, -0.1) is 0 Å². The van der Waals surface area contributed by atoms with Crippen LogP contribution in [-0.4, -0.2) is 24.2 Å². The molecule has 1 N–H and O–H groups in total. The number of aliphatic carboxylic acids is 1. The van der Waals surface area contributed by atoms with Gasteiger partial charge in [0.05, 0.1) is 30.7 Å². The SMILES string of the molecule is COC(=O)c1ccc(Sc2ccc(C#N)cc2)c(CC(=O)O)c1. The van der Waals surface area contributed by atoms with Crippen molar-refractivity contribution in [2.24, 2.45) is 0 Å². The van der Waals surface area contributed by atoms with E-state index in [2.05, 4.69) is 4.74 Å². The summed E-state index contributed by atoms with van der Waals surface area (Å²) in [7, 11) is 1.28. The number of rotatable bonds is 5. The minimum Gasteiger partial charge on any atom is -0.481 e. The number of methoxy groups -OCH3 is 1. The predicted octanol–water partition coefficient (Wildman–Crippen LogP) is 3.12. The van der Waals surface area contributed by atoms with Gasteiger partial charge < -0.3 is 9.84 Å². The van der Waals surface area contributed by atoms with Gasteiger partial charge in [-0.05, 0) is 48.0 Å². The highest BCUT2D eigenvalue weighted by Gasteiger charge is 2.13. The number of nitriles is 1. The first-order valence-electron chi connectivity index (χ1n) is 6.64. The smallest absolute Gasteiger partial charge is 0.337 e. The fraction of sp³-hybridized carbons (Fsp3) is 0.118. The normalized spacial score (nSPS) is 9.91. The summed E-state index contributed by atoms with van der Waals surface area (Å²) in [6, 6.07) is 13.9. The average Bonchev–Trinajstić information content (AvgIpc) is 2.56. The topological polar surface area (TPSA) is 87.4 Å². The molecule has 0 aliphatic rings. The van der Waals surface area contributed by atoms with E-state index in [-0.39, 0.29) is 6.42 Å². The summed E-state index contributed by atoms with van der Waals surface area (Å²) in [5, 5.41) is 17.9. The maximum absolute atomic E-state index is 11.6. The molecule has 0 heterocycles. The molecule has 116 valence electrons. The molecule has 2 aromatic carbocycles. The van der Waals surface area contributed by atoms with Gasteiger partial charge in [-0.1, -0.05) is 11.8 Å². The summed E-state index contributed by atoms with van der Waals surface area (Å²) < 4.78 is 4.66. The first kappa shape index (κ1) is 16.6. The summed E-state index contributed by atoms with van der Waals surface area (Å²) in [5.74, 6) is -1.49. The van der Waals surface area contributed by atoms with Gasteiger partial charge in [0.1, 0.15) is 0 Å². The molecule has 0 saturated heterocycles. The van der Waals surface area contributed by atoms with E-state index in [1.165, 1.54) is 24.9 Å². The Hall–Kier alpha value is -2.78. The minimum atomic E-state index is -0.978. The maximum atomic E-state index is 11.6. The Balaban J connectivity index is 2.33. The number of carboxylic acids is 1. The van der Waals surface area contributed by atoms with Crippen molar-refractivity contribution in [2.45, 2.75) is 16.2 Å². The van der Waals surface area contributed by atoms with Crippen LogP contribution in [0.4, 0.5) is 0 Å². The van der Waals surface area contributed by atoms with E-state index in [1.807, 2.05) is 6.07 Å². The zero-order chi connectivity index (χ0) is 16.8. The molecular formula is C17H13NO4S. The van der Waals surface area contributed by atoms with Crippen LogP contribution < -0.4 is 0 Å². The molecular weight excluding hydrogens is 314 g/mol. The largest absolute Gasteiger partial charge is 0.481 e. The molecule has 0 amide bonds. The molecule has 0 spiro atoms. The Morgan fingerprint density at radius 2 is 1.91 bits per heavy atom. The van der Waals surface area contributed by atoms with Crippen molar-refractivity contribution in [3.05, 3.63) is 59.2 Å². The third-order valence-corrected chi connectivity index (χ3v) is 4.16. The average molecular weight is 327 g/mol. The van der Waals surface area contributed by atoms with Crippen LogP contribution in [0.2, 0.25) is 0 Å². The number of ether oxygens (including phenoxy) is 1. The van der Waals surface area contributed by atoms with Gasteiger partial charge in [0.25, 0.3) is 0 Å². The van der Waals surface area contributed by atoms with Gasteiger partial charge >= 0.3 is 11.9 Å². The van der Waals surface area contributed by atoms with Crippen molar-refractivity contribution in [1.82, 2.24) is 0 Å². The number of benzene rings is 2. The fourth-order valence-electron chi connectivity index (χ4n) is 1.95. The van der Waals surface area contributed by atoms with Gasteiger partial charge in [0.2, 0.25) is 0 Å². The van der Waals surface area contributed by atoms with Crippen molar-refractivity contribution in [2.75, 3.05) is 7.11 Å². The lowest BCUT2D eigenvalue weighted by molar-refractivity contribution is -0.136. The van der Waals surface area contributed by atoms with E-state index < -0.39 is 11.9 Å². The van der Waals surface area contributed by atoms with E-state index >= 15 is 0 Å². The summed E-state index contributed by atoms with van der Waals surface area (Å²) in [6.07, 6.45) is -0.191. The van der Waals surface area contributed by atoms with Crippen LogP contribution in [0.15, 0.2) is 52.3 Å². The Morgan fingerprint density at radius 1 is 1.22 bits per heavy atom. The van der Waals surface area contributed by atoms with E-state index in [0.717, 1.165) is 9.79 Å². The molecule has 0 aliphatic carbocycles. The summed E-state index contributed by atoms with van der Waals surface area (Å²) in [6.45, 7) is 0. The number of hydrogen-bond donors (Lipinski definition) is 1. The second-order valence-electron chi connectivity index (χ2n) is 4.62. The van der Waals surface area contributed by atoms with Crippen LogP contribution in [0, 0.1) is 11.3 Å². The second-order valence-corrected chi connectivity index (χ2v) is 5.74.